The van der Waals surface area contributed by atoms with Crippen LogP contribution in [0.1, 0.15) is 21.7 Å². The molecule has 1 aliphatic rings. The second-order valence-corrected chi connectivity index (χ2v) is 7.62. The molecule has 2 heterocycles. The van der Waals surface area contributed by atoms with E-state index in [0.29, 0.717) is 47.8 Å². The molecule has 0 saturated carbocycles. The zero-order valence-corrected chi connectivity index (χ0v) is 16.5. The fourth-order valence-corrected chi connectivity index (χ4v) is 4.04. The highest BCUT2D eigenvalue weighted by Gasteiger charge is 2.18. The lowest BCUT2D eigenvalue weighted by molar-refractivity contribution is 0.0922. The predicted molar refractivity (Wildman–Crippen MR) is 108 cm³/mol. The van der Waals surface area contributed by atoms with Crippen molar-refractivity contribution in [2.24, 2.45) is 0 Å². The predicted octanol–water partition coefficient (Wildman–Crippen LogP) is 4.93. The van der Waals surface area contributed by atoms with E-state index in [9.17, 15) is 4.79 Å². The van der Waals surface area contributed by atoms with Gasteiger partial charge in [-0.1, -0.05) is 29.8 Å². The van der Waals surface area contributed by atoms with Gasteiger partial charge in [-0.15, -0.1) is 11.8 Å². The fourth-order valence-electron chi connectivity index (χ4n) is 2.86. The van der Waals surface area contributed by atoms with E-state index >= 15 is 0 Å². The number of nitrogens with one attached hydrogen (secondary N) is 1. The molecule has 0 radical (unpaired) electrons. The third-order valence-corrected chi connectivity index (χ3v) is 5.54. The maximum atomic E-state index is 12.6. The average Bonchev–Trinajstić information content (AvgIpc) is 3.20. The van der Waals surface area contributed by atoms with Gasteiger partial charge >= 0.3 is 0 Å². The van der Waals surface area contributed by atoms with Crippen molar-refractivity contribution in [1.29, 1.82) is 0 Å². The van der Waals surface area contributed by atoms with Crippen LogP contribution in [0, 0.1) is 0 Å². The van der Waals surface area contributed by atoms with Gasteiger partial charge in [-0.05, 0) is 35.9 Å². The molecule has 5 nitrogen and oxygen atoms in total. The zero-order valence-electron chi connectivity index (χ0n) is 14.9. The Morgan fingerprint density at radius 1 is 1.11 bits per heavy atom. The maximum Gasteiger partial charge on any atom is 0.287 e. The lowest BCUT2D eigenvalue weighted by Crippen LogP contribution is -2.23. The van der Waals surface area contributed by atoms with Crippen molar-refractivity contribution in [3.63, 3.8) is 0 Å². The molecule has 1 aromatic heterocycles. The Kier molecular flexibility index (Phi) is 5.78. The Hall–Kier alpha value is -2.57. The van der Waals surface area contributed by atoms with Gasteiger partial charge in [0.1, 0.15) is 13.2 Å². The molecule has 0 bridgehead atoms. The molecule has 144 valence electrons. The van der Waals surface area contributed by atoms with Gasteiger partial charge in [0.05, 0.1) is 11.3 Å². The Morgan fingerprint density at radius 2 is 1.93 bits per heavy atom. The summed E-state index contributed by atoms with van der Waals surface area (Å²) in [4.78, 5) is 13.7. The molecule has 1 N–H and O–H groups in total. The molecular formula is C21H18ClNO4S. The summed E-state index contributed by atoms with van der Waals surface area (Å²) in [5, 5.41) is 3.35. The number of hydrogen-bond donors (Lipinski definition) is 1. The largest absolute Gasteiger partial charge is 0.486 e. The number of rotatable bonds is 6. The minimum atomic E-state index is -0.264. The average molecular weight is 416 g/mol. The third kappa shape index (κ3) is 4.29. The molecule has 0 aliphatic carbocycles. The quantitative estimate of drug-likeness (QED) is 0.578. The van der Waals surface area contributed by atoms with Crippen LogP contribution < -0.4 is 14.8 Å². The normalized spacial score (nSPS) is 12.6. The van der Waals surface area contributed by atoms with E-state index in [-0.39, 0.29) is 5.91 Å². The van der Waals surface area contributed by atoms with Crippen molar-refractivity contribution >= 4 is 29.3 Å². The second kappa shape index (κ2) is 8.63. The monoisotopic (exact) mass is 415 g/mol. The van der Waals surface area contributed by atoms with Gasteiger partial charge in [0, 0.05) is 22.8 Å². The highest BCUT2D eigenvalue weighted by Crippen LogP contribution is 2.38. The van der Waals surface area contributed by atoms with Crippen molar-refractivity contribution in [2.75, 3.05) is 13.2 Å². The molecule has 28 heavy (non-hydrogen) atoms. The second-order valence-electron chi connectivity index (χ2n) is 6.16. The summed E-state index contributed by atoms with van der Waals surface area (Å²) >= 11 is 7.90. The molecule has 7 heteroatoms. The van der Waals surface area contributed by atoms with E-state index in [2.05, 4.69) is 5.32 Å². The van der Waals surface area contributed by atoms with E-state index in [4.69, 9.17) is 25.5 Å². The van der Waals surface area contributed by atoms with Gasteiger partial charge in [0.2, 0.25) is 0 Å². The van der Waals surface area contributed by atoms with E-state index < -0.39 is 0 Å². The summed E-state index contributed by atoms with van der Waals surface area (Å²) in [5.74, 6) is 1.86. The van der Waals surface area contributed by atoms with Gasteiger partial charge in [0.15, 0.2) is 17.3 Å². The molecule has 3 aromatic rings. The Bertz CT molecular complexity index is 974. The van der Waals surface area contributed by atoms with Crippen LogP contribution in [0.25, 0.3) is 0 Å². The summed E-state index contributed by atoms with van der Waals surface area (Å²) in [6.45, 7) is 1.26. The van der Waals surface area contributed by atoms with Gasteiger partial charge in [-0.2, -0.15) is 0 Å². The molecule has 0 spiro atoms. The summed E-state index contributed by atoms with van der Waals surface area (Å²) in [5.41, 5.74) is 1.68. The number of amides is 1. The first-order chi connectivity index (χ1) is 13.7. The third-order valence-electron chi connectivity index (χ3n) is 4.20. The van der Waals surface area contributed by atoms with Crippen LogP contribution in [-0.2, 0) is 12.3 Å². The standard InChI is InChI=1S/C21H18ClNO4S/c22-17-10-14(11-18-20(17)27-9-8-25-18)12-23-21(24)19-15(6-7-26-19)13-28-16-4-2-1-3-5-16/h1-7,10-11H,8-9,12-13H2,(H,23,24). The summed E-state index contributed by atoms with van der Waals surface area (Å²) in [6.07, 6.45) is 1.54. The number of carbonyl (C=O) groups is 1. The minimum Gasteiger partial charge on any atom is -0.486 e. The molecule has 0 fully saturated rings. The number of thioether (sulfide) groups is 1. The number of carbonyl (C=O) groups excluding carboxylic acids is 1. The van der Waals surface area contributed by atoms with Gasteiger partial charge in [-0.3, -0.25) is 4.79 Å². The summed E-state index contributed by atoms with van der Waals surface area (Å²) < 4.78 is 16.5. The lowest BCUT2D eigenvalue weighted by Gasteiger charge is -2.20. The molecular weight excluding hydrogens is 398 g/mol. The van der Waals surface area contributed by atoms with Crippen molar-refractivity contribution in [1.82, 2.24) is 5.32 Å². The van der Waals surface area contributed by atoms with Gasteiger partial charge < -0.3 is 19.2 Å². The number of fused-ring (bicyclic) bond motifs is 1. The first-order valence-corrected chi connectivity index (χ1v) is 10.2. The van der Waals surface area contributed by atoms with E-state index in [0.717, 1.165) is 16.0 Å². The van der Waals surface area contributed by atoms with Crippen LogP contribution in [0.4, 0.5) is 0 Å². The first kappa shape index (κ1) is 18.8. The van der Waals surface area contributed by atoms with Crippen LogP contribution in [0.3, 0.4) is 0 Å². The van der Waals surface area contributed by atoms with Crippen molar-refractivity contribution in [2.45, 2.75) is 17.2 Å². The smallest absolute Gasteiger partial charge is 0.287 e. The molecule has 1 amide bonds. The summed E-state index contributed by atoms with van der Waals surface area (Å²) in [7, 11) is 0. The van der Waals surface area contributed by atoms with Crippen LogP contribution in [-0.4, -0.2) is 19.1 Å². The highest BCUT2D eigenvalue weighted by atomic mass is 35.5. The molecule has 1 aliphatic heterocycles. The first-order valence-electron chi connectivity index (χ1n) is 8.81. The van der Waals surface area contributed by atoms with Crippen LogP contribution in [0.5, 0.6) is 11.5 Å². The van der Waals surface area contributed by atoms with Crippen molar-refractivity contribution < 1.29 is 18.7 Å². The van der Waals surface area contributed by atoms with Crippen LogP contribution >= 0.6 is 23.4 Å². The maximum absolute atomic E-state index is 12.6. The van der Waals surface area contributed by atoms with E-state index in [1.165, 1.54) is 6.26 Å². The fraction of sp³-hybridized carbons (Fsp3) is 0.190. The molecule has 0 unspecified atom stereocenters. The molecule has 4 rings (SSSR count). The molecule has 0 saturated heterocycles. The number of furan rings is 1. The van der Waals surface area contributed by atoms with Crippen molar-refractivity contribution in [3.8, 4) is 11.5 Å². The SMILES string of the molecule is O=C(NCc1cc(Cl)c2c(c1)OCCO2)c1occc1CSc1ccccc1. The highest BCUT2D eigenvalue weighted by molar-refractivity contribution is 7.98. The topological polar surface area (TPSA) is 60.7 Å². The van der Waals surface area contributed by atoms with Crippen LogP contribution in [0.2, 0.25) is 5.02 Å². The van der Waals surface area contributed by atoms with E-state index in [1.807, 2.05) is 42.5 Å². The molecule has 0 atom stereocenters. The molecule has 2 aromatic carbocycles. The zero-order chi connectivity index (χ0) is 19.3. The van der Waals surface area contributed by atoms with E-state index in [1.54, 1.807) is 17.8 Å². The van der Waals surface area contributed by atoms with Gasteiger partial charge in [-0.25, -0.2) is 0 Å². The number of hydrogen-bond acceptors (Lipinski definition) is 5. The van der Waals surface area contributed by atoms with Crippen molar-refractivity contribution in [3.05, 3.63) is 76.7 Å². The number of ether oxygens (including phenoxy) is 2. The Balaban J connectivity index is 1.39. The number of halogens is 1. The number of benzene rings is 2. The lowest BCUT2D eigenvalue weighted by atomic mass is 10.2. The minimum absolute atomic E-state index is 0.264. The van der Waals surface area contributed by atoms with Gasteiger partial charge in [0.25, 0.3) is 5.91 Å². The Labute approximate surface area is 172 Å². The summed E-state index contributed by atoms with van der Waals surface area (Å²) in [6, 6.07) is 15.5. The Morgan fingerprint density at radius 3 is 2.79 bits per heavy atom. The van der Waals surface area contributed by atoms with Crippen LogP contribution in [0.15, 0.2) is 64.1 Å².